The fraction of sp³-hybridized carbons (Fsp3) is 0.300. The molecule has 0 saturated carbocycles. The highest BCUT2D eigenvalue weighted by molar-refractivity contribution is 5.96. The number of carbonyl (C=O) groups is 2. The molecular formula is C20H22FNO5. The lowest BCUT2D eigenvalue weighted by Gasteiger charge is -2.11. The molecule has 0 aliphatic heterocycles. The second-order valence-electron chi connectivity index (χ2n) is 5.77. The standard InChI is InChI=1S/C20H22FNO5/c1-13(23)16-11-15(21)5-7-17(16)27-12-20(24)22-9-8-14-4-6-18(25-2)19(10-14)26-3/h4-7,10-11H,8-9,12H2,1-3H3,(H,22,24). The molecule has 6 nitrogen and oxygen atoms in total. The lowest BCUT2D eigenvalue weighted by Crippen LogP contribution is -2.30. The van der Waals surface area contributed by atoms with Crippen molar-refractivity contribution in [3.8, 4) is 17.2 Å². The Kier molecular flexibility index (Phi) is 7.16. The molecule has 144 valence electrons. The fourth-order valence-electron chi connectivity index (χ4n) is 2.48. The summed E-state index contributed by atoms with van der Waals surface area (Å²) in [5, 5.41) is 2.73. The quantitative estimate of drug-likeness (QED) is 0.682. The summed E-state index contributed by atoms with van der Waals surface area (Å²) in [6.45, 7) is 1.45. The van der Waals surface area contributed by atoms with Crippen molar-refractivity contribution in [3.05, 3.63) is 53.3 Å². The highest BCUT2D eigenvalue weighted by Gasteiger charge is 2.12. The molecule has 1 amide bonds. The van der Waals surface area contributed by atoms with Gasteiger partial charge in [0.1, 0.15) is 11.6 Å². The maximum absolute atomic E-state index is 13.2. The number of ether oxygens (including phenoxy) is 3. The number of ketones is 1. The van der Waals surface area contributed by atoms with Crippen LogP contribution in [0, 0.1) is 5.82 Å². The average Bonchev–Trinajstić information content (AvgIpc) is 2.66. The molecule has 2 aromatic rings. The smallest absolute Gasteiger partial charge is 0.257 e. The number of Topliss-reactive ketones (excluding diaryl/α,β-unsaturated/α-hetero) is 1. The predicted molar refractivity (Wildman–Crippen MR) is 98.2 cm³/mol. The summed E-state index contributed by atoms with van der Waals surface area (Å²) in [7, 11) is 3.13. The highest BCUT2D eigenvalue weighted by Crippen LogP contribution is 2.27. The summed E-state index contributed by atoms with van der Waals surface area (Å²) < 4.78 is 29.0. The molecule has 0 saturated heterocycles. The molecule has 0 aliphatic rings. The number of methoxy groups -OCH3 is 2. The van der Waals surface area contributed by atoms with Crippen LogP contribution in [-0.2, 0) is 11.2 Å². The van der Waals surface area contributed by atoms with E-state index in [1.54, 1.807) is 20.3 Å². The molecule has 0 radical (unpaired) electrons. The number of carbonyl (C=O) groups excluding carboxylic acids is 2. The van der Waals surface area contributed by atoms with Crippen molar-refractivity contribution in [1.82, 2.24) is 5.32 Å². The van der Waals surface area contributed by atoms with Crippen LogP contribution in [0.15, 0.2) is 36.4 Å². The van der Waals surface area contributed by atoms with E-state index in [1.165, 1.54) is 19.1 Å². The van der Waals surface area contributed by atoms with Crippen molar-refractivity contribution >= 4 is 11.7 Å². The van der Waals surface area contributed by atoms with Crippen LogP contribution in [0.1, 0.15) is 22.8 Å². The summed E-state index contributed by atoms with van der Waals surface area (Å²) in [5.41, 5.74) is 1.08. The zero-order chi connectivity index (χ0) is 19.8. The number of halogens is 1. The van der Waals surface area contributed by atoms with E-state index in [9.17, 15) is 14.0 Å². The molecule has 27 heavy (non-hydrogen) atoms. The third-order valence-corrected chi connectivity index (χ3v) is 3.86. The van der Waals surface area contributed by atoms with Crippen molar-refractivity contribution in [3.63, 3.8) is 0 Å². The molecule has 7 heteroatoms. The molecule has 0 aromatic heterocycles. The van der Waals surface area contributed by atoms with E-state index in [0.717, 1.165) is 11.6 Å². The van der Waals surface area contributed by atoms with Crippen LogP contribution in [-0.4, -0.2) is 39.1 Å². The van der Waals surface area contributed by atoms with Gasteiger partial charge in [-0.3, -0.25) is 9.59 Å². The molecule has 0 fully saturated rings. The number of rotatable bonds is 9. The van der Waals surface area contributed by atoms with Gasteiger partial charge in [-0.25, -0.2) is 4.39 Å². The first kappa shape index (κ1) is 20.2. The number of hydrogen-bond acceptors (Lipinski definition) is 5. The van der Waals surface area contributed by atoms with Crippen LogP contribution < -0.4 is 19.5 Å². The Morgan fingerprint density at radius 1 is 1.00 bits per heavy atom. The number of hydrogen-bond donors (Lipinski definition) is 1. The van der Waals surface area contributed by atoms with Crippen molar-refractivity contribution < 1.29 is 28.2 Å². The molecule has 0 bridgehead atoms. The zero-order valence-electron chi connectivity index (χ0n) is 15.5. The lowest BCUT2D eigenvalue weighted by atomic mass is 10.1. The second-order valence-corrected chi connectivity index (χ2v) is 5.77. The van der Waals surface area contributed by atoms with Crippen molar-refractivity contribution in [2.24, 2.45) is 0 Å². The third-order valence-electron chi connectivity index (χ3n) is 3.86. The molecule has 0 atom stereocenters. The van der Waals surface area contributed by atoms with Crippen LogP contribution in [0.25, 0.3) is 0 Å². The SMILES string of the molecule is COc1ccc(CCNC(=O)COc2ccc(F)cc2C(C)=O)cc1OC. The first-order chi connectivity index (χ1) is 12.9. The van der Waals surface area contributed by atoms with Crippen LogP contribution >= 0.6 is 0 Å². The van der Waals surface area contributed by atoms with Gasteiger partial charge in [-0.1, -0.05) is 6.07 Å². The van der Waals surface area contributed by atoms with Gasteiger partial charge in [0.15, 0.2) is 23.9 Å². The van der Waals surface area contributed by atoms with E-state index in [4.69, 9.17) is 14.2 Å². The Balaban J connectivity index is 1.84. The van der Waals surface area contributed by atoms with Crippen LogP contribution in [0.3, 0.4) is 0 Å². The minimum atomic E-state index is -0.535. The van der Waals surface area contributed by atoms with Crippen molar-refractivity contribution in [2.45, 2.75) is 13.3 Å². The maximum Gasteiger partial charge on any atom is 0.257 e. The summed E-state index contributed by atoms with van der Waals surface area (Å²) in [5.74, 6) is 0.232. The number of nitrogens with one attached hydrogen (secondary N) is 1. The number of amides is 1. The molecule has 0 unspecified atom stereocenters. The molecule has 2 rings (SSSR count). The van der Waals surface area contributed by atoms with Crippen LogP contribution in [0.4, 0.5) is 4.39 Å². The Morgan fingerprint density at radius 3 is 2.37 bits per heavy atom. The normalized spacial score (nSPS) is 10.2. The average molecular weight is 375 g/mol. The van der Waals surface area contributed by atoms with E-state index in [2.05, 4.69) is 5.32 Å². The summed E-state index contributed by atoms with van der Waals surface area (Å²) in [4.78, 5) is 23.5. The minimum Gasteiger partial charge on any atom is -0.493 e. The molecule has 2 aromatic carbocycles. The zero-order valence-corrected chi connectivity index (χ0v) is 15.5. The van der Waals surface area contributed by atoms with Crippen molar-refractivity contribution in [2.75, 3.05) is 27.4 Å². The van der Waals surface area contributed by atoms with Gasteiger partial charge < -0.3 is 19.5 Å². The van der Waals surface area contributed by atoms with Gasteiger partial charge in [-0.15, -0.1) is 0 Å². The van der Waals surface area contributed by atoms with Crippen molar-refractivity contribution in [1.29, 1.82) is 0 Å². The van der Waals surface area contributed by atoms with E-state index in [-0.39, 0.29) is 29.6 Å². The Labute approximate surface area is 157 Å². The largest absolute Gasteiger partial charge is 0.493 e. The fourth-order valence-corrected chi connectivity index (χ4v) is 2.48. The summed E-state index contributed by atoms with van der Waals surface area (Å²) in [6.07, 6.45) is 0.599. The Morgan fingerprint density at radius 2 is 1.70 bits per heavy atom. The van der Waals surface area contributed by atoms with E-state index < -0.39 is 5.82 Å². The van der Waals surface area contributed by atoms with E-state index >= 15 is 0 Å². The van der Waals surface area contributed by atoms with Gasteiger partial charge in [-0.05, 0) is 49.2 Å². The Bertz CT molecular complexity index is 822. The highest BCUT2D eigenvalue weighted by atomic mass is 19.1. The van der Waals surface area contributed by atoms with Crippen LogP contribution in [0.5, 0.6) is 17.2 Å². The third kappa shape index (κ3) is 5.70. The first-order valence-electron chi connectivity index (χ1n) is 8.35. The van der Waals surface area contributed by atoms with Crippen LogP contribution in [0.2, 0.25) is 0 Å². The lowest BCUT2D eigenvalue weighted by molar-refractivity contribution is -0.123. The minimum absolute atomic E-state index is 0.105. The van der Waals surface area contributed by atoms with E-state index in [0.29, 0.717) is 24.5 Å². The molecule has 0 spiro atoms. The molecule has 1 N–H and O–H groups in total. The van der Waals surface area contributed by atoms with Gasteiger partial charge in [0.25, 0.3) is 5.91 Å². The van der Waals surface area contributed by atoms with Gasteiger partial charge in [0.05, 0.1) is 19.8 Å². The van der Waals surface area contributed by atoms with Gasteiger partial charge in [0.2, 0.25) is 0 Å². The monoisotopic (exact) mass is 375 g/mol. The van der Waals surface area contributed by atoms with Gasteiger partial charge >= 0.3 is 0 Å². The van der Waals surface area contributed by atoms with E-state index in [1.807, 2.05) is 12.1 Å². The maximum atomic E-state index is 13.2. The van der Waals surface area contributed by atoms with Gasteiger partial charge in [0, 0.05) is 6.54 Å². The Hall–Kier alpha value is -3.09. The predicted octanol–water partition coefficient (Wildman–Crippen LogP) is 2.78. The second kappa shape index (κ2) is 9.56. The molecular weight excluding hydrogens is 353 g/mol. The summed E-state index contributed by atoms with van der Waals surface area (Å²) in [6, 6.07) is 9.14. The van der Waals surface area contributed by atoms with Gasteiger partial charge in [-0.2, -0.15) is 0 Å². The first-order valence-corrected chi connectivity index (χ1v) is 8.35. The molecule has 0 heterocycles. The molecule has 0 aliphatic carbocycles. The summed E-state index contributed by atoms with van der Waals surface area (Å²) >= 11 is 0. The topological polar surface area (TPSA) is 73.9 Å². The number of benzene rings is 2.